The summed E-state index contributed by atoms with van der Waals surface area (Å²) in [6.07, 6.45) is 2.89. The van der Waals surface area contributed by atoms with Gasteiger partial charge in [-0.05, 0) is 38.7 Å². The summed E-state index contributed by atoms with van der Waals surface area (Å²) in [5, 5.41) is 6.83. The Balaban J connectivity index is 2.02. The third-order valence-corrected chi connectivity index (χ3v) is 3.54. The van der Waals surface area contributed by atoms with Crippen molar-refractivity contribution in [2.24, 2.45) is 0 Å². The molecule has 1 amide bonds. The van der Waals surface area contributed by atoms with Crippen molar-refractivity contribution in [3.05, 3.63) is 48.3 Å². The molecule has 2 rings (SSSR count). The molecule has 1 N–H and O–H groups in total. The van der Waals surface area contributed by atoms with Gasteiger partial charge in [0.25, 0.3) is 0 Å². The molecule has 0 radical (unpaired) electrons. The van der Waals surface area contributed by atoms with Gasteiger partial charge in [-0.1, -0.05) is 12.1 Å². The smallest absolute Gasteiger partial charge is 0.244 e. The first-order chi connectivity index (χ1) is 10.5. The van der Waals surface area contributed by atoms with Gasteiger partial charge in [0.15, 0.2) is 0 Å². The van der Waals surface area contributed by atoms with E-state index in [-0.39, 0.29) is 17.8 Å². The van der Waals surface area contributed by atoms with Crippen molar-refractivity contribution in [1.82, 2.24) is 25.0 Å². The van der Waals surface area contributed by atoms with Gasteiger partial charge in [-0.25, -0.2) is 14.1 Å². The van der Waals surface area contributed by atoms with Crippen molar-refractivity contribution in [3.8, 4) is 0 Å². The highest BCUT2D eigenvalue weighted by atomic mass is 19.1. The van der Waals surface area contributed by atoms with Gasteiger partial charge in [0.2, 0.25) is 5.91 Å². The summed E-state index contributed by atoms with van der Waals surface area (Å²) in [4.78, 5) is 17.9. The van der Waals surface area contributed by atoms with Gasteiger partial charge >= 0.3 is 0 Å². The summed E-state index contributed by atoms with van der Waals surface area (Å²) < 4.78 is 14.9. The van der Waals surface area contributed by atoms with Crippen LogP contribution in [0.15, 0.2) is 36.9 Å². The summed E-state index contributed by atoms with van der Waals surface area (Å²) in [5.74, 6) is -0.444. The zero-order valence-corrected chi connectivity index (χ0v) is 12.9. The maximum Gasteiger partial charge on any atom is 0.244 e. The van der Waals surface area contributed by atoms with Crippen LogP contribution >= 0.6 is 0 Å². The van der Waals surface area contributed by atoms with Gasteiger partial charge in [-0.3, -0.25) is 4.79 Å². The van der Waals surface area contributed by atoms with Crippen LogP contribution in [0.25, 0.3) is 0 Å². The molecule has 1 heterocycles. The predicted octanol–water partition coefficient (Wildman–Crippen LogP) is 1.40. The van der Waals surface area contributed by atoms with Crippen LogP contribution in [0, 0.1) is 5.82 Å². The molecule has 0 aliphatic carbocycles. The Morgan fingerprint density at radius 1 is 1.45 bits per heavy atom. The van der Waals surface area contributed by atoms with Crippen LogP contribution in [0.3, 0.4) is 0 Å². The van der Waals surface area contributed by atoms with Crippen molar-refractivity contribution in [1.29, 1.82) is 0 Å². The number of carbonyl (C=O) groups excluding carboxylic acids is 1. The largest absolute Gasteiger partial charge is 0.352 e. The third-order valence-electron chi connectivity index (χ3n) is 3.54. The van der Waals surface area contributed by atoms with Gasteiger partial charge in [0.1, 0.15) is 24.5 Å². The number of amides is 1. The molecule has 118 valence electrons. The number of halogens is 1. The van der Waals surface area contributed by atoms with Gasteiger partial charge in [0.05, 0.1) is 6.04 Å². The van der Waals surface area contributed by atoms with Gasteiger partial charge < -0.3 is 10.2 Å². The minimum absolute atomic E-state index is 0.109. The van der Waals surface area contributed by atoms with E-state index in [1.165, 1.54) is 29.5 Å². The van der Waals surface area contributed by atoms with E-state index in [9.17, 15) is 9.18 Å². The summed E-state index contributed by atoms with van der Waals surface area (Å²) in [5.41, 5.74) is 0.818. The number of likely N-dealkylation sites (N-methyl/N-ethyl adjacent to an activating group) is 1. The van der Waals surface area contributed by atoms with Crippen LogP contribution in [0.4, 0.5) is 4.39 Å². The van der Waals surface area contributed by atoms with Crippen molar-refractivity contribution in [2.45, 2.75) is 19.0 Å². The standard InChI is InChI=1S/C15H20FN5O/c1-11(21-10-17-9-19-21)15(22)18-8-14(20(2)3)12-5-4-6-13(16)7-12/h4-7,9-11,14H,8H2,1-3H3,(H,18,22)/t11-,14-/m1/s1. The van der Waals surface area contributed by atoms with Crippen molar-refractivity contribution < 1.29 is 9.18 Å². The van der Waals surface area contributed by atoms with Crippen LogP contribution in [-0.2, 0) is 4.79 Å². The Morgan fingerprint density at radius 2 is 2.23 bits per heavy atom. The molecule has 2 aromatic rings. The maximum atomic E-state index is 13.4. The zero-order valence-electron chi connectivity index (χ0n) is 12.9. The average molecular weight is 305 g/mol. The lowest BCUT2D eigenvalue weighted by molar-refractivity contribution is -0.124. The number of benzene rings is 1. The molecular formula is C15H20FN5O. The fourth-order valence-electron chi connectivity index (χ4n) is 2.19. The molecule has 6 nitrogen and oxygen atoms in total. The number of rotatable bonds is 6. The first kappa shape index (κ1) is 16.1. The number of nitrogens with zero attached hydrogens (tertiary/aromatic N) is 4. The normalized spacial score (nSPS) is 13.9. The second-order valence-electron chi connectivity index (χ2n) is 5.33. The minimum Gasteiger partial charge on any atom is -0.352 e. The van der Waals surface area contributed by atoms with E-state index in [1.54, 1.807) is 13.0 Å². The Hall–Kier alpha value is -2.28. The van der Waals surface area contributed by atoms with Crippen LogP contribution in [0.2, 0.25) is 0 Å². The molecule has 0 bridgehead atoms. The fraction of sp³-hybridized carbons (Fsp3) is 0.400. The van der Waals surface area contributed by atoms with Crippen molar-refractivity contribution in [3.63, 3.8) is 0 Å². The minimum atomic E-state index is -0.446. The van der Waals surface area contributed by atoms with Crippen LogP contribution in [-0.4, -0.2) is 46.2 Å². The first-order valence-corrected chi connectivity index (χ1v) is 7.02. The summed E-state index contributed by atoms with van der Waals surface area (Å²) in [7, 11) is 3.78. The summed E-state index contributed by atoms with van der Waals surface area (Å²) >= 11 is 0. The molecule has 0 unspecified atom stereocenters. The summed E-state index contributed by atoms with van der Waals surface area (Å²) in [6, 6.07) is 5.85. The average Bonchev–Trinajstić information content (AvgIpc) is 3.00. The lowest BCUT2D eigenvalue weighted by Gasteiger charge is -2.25. The third kappa shape index (κ3) is 3.88. The SMILES string of the molecule is C[C@H](C(=O)NC[C@H](c1cccc(F)c1)N(C)C)n1cncn1. The molecule has 0 saturated heterocycles. The van der Waals surface area contributed by atoms with E-state index >= 15 is 0 Å². The Kier molecular flexibility index (Phi) is 5.21. The van der Waals surface area contributed by atoms with E-state index in [4.69, 9.17) is 0 Å². The Labute approximate surface area is 129 Å². The molecule has 0 aliphatic rings. The highest BCUT2D eigenvalue weighted by Crippen LogP contribution is 2.18. The molecule has 1 aromatic carbocycles. The van der Waals surface area contributed by atoms with Crippen LogP contribution in [0.1, 0.15) is 24.6 Å². The van der Waals surface area contributed by atoms with Crippen LogP contribution in [0.5, 0.6) is 0 Å². The Morgan fingerprint density at radius 3 is 2.82 bits per heavy atom. The second-order valence-corrected chi connectivity index (χ2v) is 5.33. The van der Waals surface area contributed by atoms with E-state index in [0.717, 1.165) is 5.56 Å². The molecule has 2 atom stereocenters. The lowest BCUT2D eigenvalue weighted by Crippen LogP contribution is -2.38. The van der Waals surface area contributed by atoms with Crippen LogP contribution < -0.4 is 5.32 Å². The fourth-order valence-corrected chi connectivity index (χ4v) is 2.19. The lowest BCUT2D eigenvalue weighted by atomic mass is 10.1. The number of hydrogen-bond donors (Lipinski definition) is 1. The molecule has 7 heteroatoms. The highest BCUT2D eigenvalue weighted by Gasteiger charge is 2.19. The van der Waals surface area contributed by atoms with Gasteiger partial charge in [0, 0.05) is 6.54 Å². The number of hydrogen-bond acceptors (Lipinski definition) is 4. The molecule has 22 heavy (non-hydrogen) atoms. The molecule has 0 saturated carbocycles. The molecule has 0 aliphatic heterocycles. The topological polar surface area (TPSA) is 63.1 Å². The van der Waals surface area contributed by atoms with Crippen molar-refractivity contribution in [2.75, 3.05) is 20.6 Å². The zero-order chi connectivity index (χ0) is 16.1. The number of aromatic nitrogens is 3. The monoisotopic (exact) mass is 305 g/mol. The maximum absolute atomic E-state index is 13.4. The van der Waals surface area contributed by atoms with E-state index in [1.807, 2.05) is 25.1 Å². The molecule has 0 fully saturated rings. The van der Waals surface area contributed by atoms with Gasteiger partial charge in [-0.15, -0.1) is 0 Å². The first-order valence-electron chi connectivity index (χ1n) is 7.02. The van der Waals surface area contributed by atoms with Gasteiger partial charge in [-0.2, -0.15) is 5.10 Å². The number of nitrogens with one attached hydrogen (secondary N) is 1. The molecule has 0 spiro atoms. The Bertz CT molecular complexity index is 614. The summed E-state index contributed by atoms with van der Waals surface area (Å²) in [6.45, 7) is 2.13. The number of carbonyl (C=O) groups is 1. The predicted molar refractivity (Wildman–Crippen MR) is 80.6 cm³/mol. The van der Waals surface area contributed by atoms with E-state index < -0.39 is 6.04 Å². The van der Waals surface area contributed by atoms with E-state index in [2.05, 4.69) is 15.4 Å². The quantitative estimate of drug-likeness (QED) is 0.876. The second kappa shape index (κ2) is 7.13. The van der Waals surface area contributed by atoms with E-state index in [0.29, 0.717) is 6.54 Å². The van der Waals surface area contributed by atoms with Crippen molar-refractivity contribution >= 4 is 5.91 Å². The highest BCUT2D eigenvalue weighted by molar-refractivity contribution is 5.79. The molecular weight excluding hydrogens is 285 g/mol. The molecule has 1 aromatic heterocycles.